The Morgan fingerprint density at radius 2 is 1.65 bits per heavy atom. The fourth-order valence-corrected chi connectivity index (χ4v) is 2.66. The minimum atomic E-state index is 0.0680. The van der Waals surface area contributed by atoms with Gasteiger partial charge in [0.05, 0.1) is 6.04 Å². The van der Waals surface area contributed by atoms with E-state index in [1.54, 1.807) is 0 Å². The number of hydrogen-bond donors (Lipinski definition) is 2. The summed E-state index contributed by atoms with van der Waals surface area (Å²) in [7, 11) is 1.91. The van der Waals surface area contributed by atoms with Crippen LogP contribution in [0.4, 0.5) is 0 Å². The molecule has 1 unspecified atom stereocenters. The van der Waals surface area contributed by atoms with Gasteiger partial charge in [0.15, 0.2) is 0 Å². The molecule has 23 heavy (non-hydrogen) atoms. The molecule has 0 saturated carbocycles. The highest BCUT2D eigenvalue weighted by Gasteiger charge is 2.14. The van der Waals surface area contributed by atoms with E-state index in [0.717, 1.165) is 25.8 Å². The van der Waals surface area contributed by atoms with Gasteiger partial charge in [0.2, 0.25) is 5.91 Å². The Kier molecular flexibility index (Phi) is 7.34. The molecule has 0 saturated heterocycles. The summed E-state index contributed by atoms with van der Waals surface area (Å²) in [6, 6.07) is 20.7. The number of amides is 1. The van der Waals surface area contributed by atoms with Crippen molar-refractivity contribution in [2.45, 2.75) is 31.7 Å². The molecule has 0 radical (unpaired) electrons. The molecule has 0 bridgehead atoms. The Balaban J connectivity index is 1.96. The first-order valence-corrected chi connectivity index (χ1v) is 8.32. The molecule has 1 atom stereocenters. The van der Waals surface area contributed by atoms with Crippen LogP contribution in [0, 0.1) is 0 Å². The quantitative estimate of drug-likeness (QED) is 0.696. The van der Waals surface area contributed by atoms with Crippen LogP contribution in [0.5, 0.6) is 0 Å². The number of carbonyl (C=O) groups is 1. The van der Waals surface area contributed by atoms with Crippen LogP contribution in [-0.4, -0.2) is 19.5 Å². The van der Waals surface area contributed by atoms with Crippen molar-refractivity contribution in [2.24, 2.45) is 0 Å². The number of aryl methyl sites for hydroxylation is 1. The van der Waals surface area contributed by atoms with Crippen LogP contribution in [0.15, 0.2) is 60.7 Å². The average molecular weight is 310 g/mol. The maximum Gasteiger partial charge on any atom is 0.220 e. The van der Waals surface area contributed by atoms with Gasteiger partial charge in [-0.05, 0) is 44.0 Å². The molecule has 0 fully saturated rings. The zero-order chi connectivity index (χ0) is 16.3. The summed E-state index contributed by atoms with van der Waals surface area (Å²) in [5, 5.41) is 6.27. The van der Waals surface area contributed by atoms with Gasteiger partial charge in [0, 0.05) is 6.42 Å². The highest BCUT2D eigenvalue weighted by atomic mass is 16.1. The van der Waals surface area contributed by atoms with E-state index in [-0.39, 0.29) is 11.9 Å². The van der Waals surface area contributed by atoms with Gasteiger partial charge in [0.25, 0.3) is 0 Å². The predicted molar refractivity (Wildman–Crippen MR) is 95.2 cm³/mol. The van der Waals surface area contributed by atoms with E-state index >= 15 is 0 Å². The summed E-state index contributed by atoms with van der Waals surface area (Å²) in [5.74, 6) is 0.127. The topological polar surface area (TPSA) is 41.1 Å². The molecular weight excluding hydrogens is 284 g/mol. The third-order valence-electron chi connectivity index (χ3n) is 3.93. The highest BCUT2D eigenvalue weighted by Crippen LogP contribution is 2.19. The number of rotatable bonds is 9. The van der Waals surface area contributed by atoms with Crippen LogP contribution in [0.3, 0.4) is 0 Å². The zero-order valence-electron chi connectivity index (χ0n) is 13.8. The largest absolute Gasteiger partial charge is 0.349 e. The Morgan fingerprint density at radius 3 is 2.30 bits per heavy atom. The Hall–Kier alpha value is -2.13. The lowest BCUT2D eigenvalue weighted by Crippen LogP contribution is -2.29. The summed E-state index contributed by atoms with van der Waals surface area (Å²) < 4.78 is 0. The van der Waals surface area contributed by atoms with Crippen LogP contribution < -0.4 is 10.6 Å². The van der Waals surface area contributed by atoms with Gasteiger partial charge in [-0.15, -0.1) is 0 Å². The highest BCUT2D eigenvalue weighted by molar-refractivity contribution is 5.76. The minimum absolute atomic E-state index is 0.0680. The van der Waals surface area contributed by atoms with Crippen LogP contribution in [0.1, 0.15) is 36.4 Å². The van der Waals surface area contributed by atoms with Crippen molar-refractivity contribution in [1.82, 2.24) is 10.6 Å². The van der Waals surface area contributed by atoms with Crippen LogP contribution in [0.25, 0.3) is 0 Å². The molecule has 0 heterocycles. The van der Waals surface area contributed by atoms with Crippen molar-refractivity contribution < 1.29 is 4.79 Å². The smallest absolute Gasteiger partial charge is 0.220 e. The van der Waals surface area contributed by atoms with Gasteiger partial charge in [-0.1, -0.05) is 60.7 Å². The molecule has 0 aromatic heterocycles. The standard InChI is InChI=1S/C20H26N2O/c1-21-16-8-13-20(23)22-19(18-11-6-3-7-12-18)15-14-17-9-4-2-5-10-17/h2-7,9-12,19,21H,8,13-16H2,1H3,(H,22,23). The van der Waals surface area contributed by atoms with Crippen molar-refractivity contribution >= 4 is 5.91 Å². The van der Waals surface area contributed by atoms with Crippen molar-refractivity contribution in [3.63, 3.8) is 0 Å². The number of nitrogens with one attached hydrogen (secondary N) is 2. The molecule has 122 valence electrons. The van der Waals surface area contributed by atoms with Crippen LogP contribution in [-0.2, 0) is 11.2 Å². The van der Waals surface area contributed by atoms with Gasteiger partial charge < -0.3 is 10.6 Å². The fourth-order valence-electron chi connectivity index (χ4n) is 2.66. The van der Waals surface area contributed by atoms with E-state index in [2.05, 4.69) is 47.0 Å². The van der Waals surface area contributed by atoms with Crippen molar-refractivity contribution in [3.8, 4) is 0 Å². The number of benzene rings is 2. The van der Waals surface area contributed by atoms with Gasteiger partial charge in [-0.25, -0.2) is 0 Å². The van der Waals surface area contributed by atoms with E-state index < -0.39 is 0 Å². The molecule has 2 rings (SSSR count). The molecule has 0 spiro atoms. The summed E-state index contributed by atoms with van der Waals surface area (Å²) in [4.78, 5) is 12.2. The molecule has 2 N–H and O–H groups in total. The lowest BCUT2D eigenvalue weighted by Gasteiger charge is -2.19. The molecular formula is C20H26N2O. The van der Waals surface area contributed by atoms with Crippen LogP contribution in [0.2, 0.25) is 0 Å². The van der Waals surface area contributed by atoms with E-state index in [1.807, 2.05) is 31.3 Å². The zero-order valence-corrected chi connectivity index (χ0v) is 13.8. The second-order valence-corrected chi connectivity index (χ2v) is 5.76. The molecule has 0 aliphatic carbocycles. The first-order valence-electron chi connectivity index (χ1n) is 8.32. The van der Waals surface area contributed by atoms with Gasteiger partial charge in [0.1, 0.15) is 0 Å². The molecule has 3 nitrogen and oxygen atoms in total. The fraction of sp³-hybridized carbons (Fsp3) is 0.350. The summed E-state index contributed by atoms with van der Waals surface area (Å²) in [6.07, 6.45) is 3.29. The maximum absolute atomic E-state index is 12.2. The second kappa shape index (κ2) is 9.80. The lowest BCUT2D eigenvalue weighted by atomic mass is 9.98. The summed E-state index contributed by atoms with van der Waals surface area (Å²) >= 11 is 0. The Morgan fingerprint density at radius 1 is 1.00 bits per heavy atom. The maximum atomic E-state index is 12.2. The molecule has 0 aliphatic heterocycles. The minimum Gasteiger partial charge on any atom is -0.349 e. The third-order valence-corrected chi connectivity index (χ3v) is 3.93. The van der Waals surface area contributed by atoms with E-state index in [0.29, 0.717) is 6.42 Å². The monoisotopic (exact) mass is 310 g/mol. The average Bonchev–Trinajstić information content (AvgIpc) is 2.60. The molecule has 2 aromatic rings. The Bertz CT molecular complexity index is 569. The number of hydrogen-bond acceptors (Lipinski definition) is 2. The number of carbonyl (C=O) groups excluding carboxylic acids is 1. The molecule has 1 amide bonds. The normalized spacial score (nSPS) is 11.9. The summed E-state index contributed by atoms with van der Waals surface area (Å²) in [5.41, 5.74) is 2.48. The van der Waals surface area contributed by atoms with Gasteiger partial charge in [-0.2, -0.15) is 0 Å². The second-order valence-electron chi connectivity index (χ2n) is 5.76. The van der Waals surface area contributed by atoms with E-state index in [9.17, 15) is 4.79 Å². The van der Waals surface area contributed by atoms with E-state index in [1.165, 1.54) is 11.1 Å². The Labute approximate surface area is 139 Å². The van der Waals surface area contributed by atoms with Crippen molar-refractivity contribution in [1.29, 1.82) is 0 Å². The summed E-state index contributed by atoms with van der Waals surface area (Å²) in [6.45, 7) is 0.868. The van der Waals surface area contributed by atoms with Crippen molar-refractivity contribution in [2.75, 3.05) is 13.6 Å². The predicted octanol–water partition coefficient (Wildman–Crippen LogP) is 3.48. The SMILES string of the molecule is CNCCCC(=O)NC(CCc1ccccc1)c1ccccc1. The third kappa shape index (κ3) is 6.25. The van der Waals surface area contributed by atoms with Gasteiger partial charge in [-0.3, -0.25) is 4.79 Å². The lowest BCUT2D eigenvalue weighted by molar-refractivity contribution is -0.122. The van der Waals surface area contributed by atoms with Gasteiger partial charge >= 0.3 is 0 Å². The van der Waals surface area contributed by atoms with Crippen molar-refractivity contribution in [3.05, 3.63) is 71.8 Å². The molecule has 3 heteroatoms. The first-order chi connectivity index (χ1) is 11.3. The first kappa shape index (κ1) is 17.2. The van der Waals surface area contributed by atoms with Crippen LogP contribution >= 0.6 is 0 Å². The molecule has 2 aromatic carbocycles. The van der Waals surface area contributed by atoms with E-state index in [4.69, 9.17) is 0 Å². The molecule has 0 aliphatic rings.